The molecule has 18 heavy (non-hydrogen) atoms. The first-order chi connectivity index (χ1) is 8.68. The maximum absolute atomic E-state index is 3.61. The van der Waals surface area contributed by atoms with Gasteiger partial charge >= 0.3 is 0 Å². The summed E-state index contributed by atoms with van der Waals surface area (Å²) in [5.74, 6) is 0. The predicted molar refractivity (Wildman–Crippen MR) is 81.3 cm³/mol. The van der Waals surface area contributed by atoms with Gasteiger partial charge in [0.1, 0.15) is 0 Å². The molecule has 0 spiro atoms. The van der Waals surface area contributed by atoms with E-state index in [0.717, 1.165) is 26.2 Å². The molecule has 1 unspecified atom stereocenters. The van der Waals surface area contributed by atoms with Gasteiger partial charge in [0.15, 0.2) is 0 Å². The molecule has 1 aromatic carbocycles. The molecule has 0 aromatic heterocycles. The van der Waals surface area contributed by atoms with Crippen molar-refractivity contribution < 1.29 is 0 Å². The van der Waals surface area contributed by atoms with Crippen molar-refractivity contribution in [2.75, 3.05) is 45.2 Å². The van der Waals surface area contributed by atoms with Crippen molar-refractivity contribution >= 4 is 21.6 Å². The maximum atomic E-state index is 3.61. The zero-order chi connectivity index (χ0) is 13.0. The van der Waals surface area contributed by atoms with Crippen molar-refractivity contribution in [3.05, 3.63) is 28.7 Å². The summed E-state index contributed by atoms with van der Waals surface area (Å²) in [6, 6.07) is 9.06. The van der Waals surface area contributed by atoms with Crippen LogP contribution in [-0.2, 0) is 0 Å². The van der Waals surface area contributed by atoms with Crippen LogP contribution < -0.4 is 10.2 Å². The number of hydrogen-bond donors (Lipinski definition) is 1. The highest BCUT2D eigenvalue weighted by Gasteiger charge is 2.18. The Morgan fingerprint density at radius 3 is 2.94 bits per heavy atom. The average molecular weight is 312 g/mol. The van der Waals surface area contributed by atoms with Crippen LogP contribution in [0, 0.1) is 0 Å². The van der Waals surface area contributed by atoms with E-state index < -0.39 is 0 Å². The lowest BCUT2D eigenvalue weighted by molar-refractivity contribution is 0.192. The van der Waals surface area contributed by atoms with Gasteiger partial charge < -0.3 is 15.1 Å². The molecule has 1 fully saturated rings. The zero-order valence-corrected chi connectivity index (χ0v) is 12.8. The fraction of sp³-hybridized carbons (Fsp3) is 0.571. The molecule has 0 radical (unpaired) electrons. The third-order valence-electron chi connectivity index (χ3n) is 3.71. The van der Waals surface area contributed by atoms with Crippen molar-refractivity contribution in [2.45, 2.75) is 12.5 Å². The van der Waals surface area contributed by atoms with Crippen LogP contribution in [0.2, 0.25) is 0 Å². The van der Waals surface area contributed by atoms with Crippen LogP contribution in [0.4, 0.5) is 5.69 Å². The summed E-state index contributed by atoms with van der Waals surface area (Å²) in [4.78, 5) is 4.79. The molecule has 0 bridgehead atoms. The highest BCUT2D eigenvalue weighted by Crippen LogP contribution is 2.24. The minimum Gasteiger partial charge on any atom is -0.374 e. The summed E-state index contributed by atoms with van der Waals surface area (Å²) in [5, 5.41) is 3.47. The van der Waals surface area contributed by atoms with Crippen LogP contribution in [0.1, 0.15) is 6.42 Å². The SMILES string of the molecule is CN(CCC1CNCCN1C)c1ccccc1Br. The first-order valence-electron chi connectivity index (χ1n) is 6.55. The zero-order valence-electron chi connectivity index (χ0n) is 11.2. The summed E-state index contributed by atoms with van der Waals surface area (Å²) < 4.78 is 1.17. The molecular weight excluding hydrogens is 290 g/mol. The minimum absolute atomic E-state index is 0.656. The second-order valence-electron chi connectivity index (χ2n) is 5.00. The molecule has 0 aliphatic carbocycles. The molecule has 1 heterocycles. The number of hydrogen-bond acceptors (Lipinski definition) is 3. The van der Waals surface area contributed by atoms with Crippen molar-refractivity contribution in [3.63, 3.8) is 0 Å². The topological polar surface area (TPSA) is 18.5 Å². The Bertz CT molecular complexity index is 383. The fourth-order valence-corrected chi connectivity index (χ4v) is 3.00. The molecule has 3 nitrogen and oxygen atoms in total. The number of likely N-dealkylation sites (N-methyl/N-ethyl adjacent to an activating group) is 1. The highest BCUT2D eigenvalue weighted by molar-refractivity contribution is 9.10. The Balaban J connectivity index is 1.88. The molecular formula is C14H22BrN3. The second-order valence-corrected chi connectivity index (χ2v) is 5.85. The Kier molecular flexibility index (Phi) is 5.03. The van der Waals surface area contributed by atoms with E-state index in [9.17, 15) is 0 Å². The molecule has 1 atom stereocenters. The van der Waals surface area contributed by atoms with Crippen molar-refractivity contribution in [1.82, 2.24) is 10.2 Å². The number of anilines is 1. The van der Waals surface area contributed by atoms with Crippen LogP contribution >= 0.6 is 15.9 Å². The maximum Gasteiger partial charge on any atom is 0.0508 e. The number of para-hydroxylation sites is 1. The van der Waals surface area contributed by atoms with Crippen LogP contribution in [0.15, 0.2) is 28.7 Å². The molecule has 0 saturated carbocycles. The normalized spacial score (nSPS) is 20.9. The molecule has 100 valence electrons. The lowest BCUT2D eigenvalue weighted by atomic mass is 10.1. The van der Waals surface area contributed by atoms with Gasteiger partial charge in [0.2, 0.25) is 0 Å². The van der Waals surface area contributed by atoms with Gasteiger partial charge in [0.05, 0.1) is 5.69 Å². The Morgan fingerprint density at radius 1 is 1.44 bits per heavy atom. The Hall–Kier alpha value is -0.580. The second kappa shape index (κ2) is 6.55. The molecule has 1 N–H and O–H groups in total. The lowest BCUT2D eigenvalue weighted by Gasteiger charge is -2.34. The smallest absolute Gasteiger partial charge is 0.0508 e. The first-order valence-corrected chi connectivity index (χ1v) is 7.34. The number of piperazine rings is 1. The van der Waals surface area contributed by atoms with Gasteiger partial charge in [-0.1, -0.05) is 12.1 Å². The van der Waals surface area contributed by atoms with E-state index in [1.54, 1.807) is 0 Å². The van der Waals surface area contributed by atoms with E-state index >= 15 is 0 Å². The van der Waals surface area contributed by atoms with Crippen molar-refractivity contribution in [1.29, 1.82) is 0 Å². The summed E-state index contributed by atoms with van der Waals surface area (Å²) >= 11 is 3.61. The number of rotatable bonds is 4. The molecule has 1 aliphatic rings. The van der Waals surface area contributed by atoms with E-state index in [1.165, 1.54) is 16.6 Å². The predicted octanol–water partition coefficient (Wildman–Crippen LogP) is 2.18. The van der Waals surface area contributed by atoms with Gasteiger partial charge in [-0.05, 0) is 41.5 Å². The lowest BCUT2D eigenvalue weighted by Crippen LogP contribution is -2.50. The number of halogens is 1. The number of benzene rings is 1. The standard InChI is InChI=1S/C14H22BrN3/c1-17-10-8-16-11-12(17)7-9-18(2)14-6-4-3-5-13(14)15/h3-6,12,16H,7-11H2,1-2H3. The summed E-state index contributed by atoms with van der Waals surface area (Å²) in [6.07, 6.45) is 1.20. The van der Waals surface area contributed by atoms with E-state index in [1.807, 2.05) is 0 Å². The third kappa shape index (κ3) is 3.46. The van der Waals surface area contributed by atoms with E-state index in [4.69, 9.17) is 0 Å². The fourth-order valence-electron chi connectivity index (χ4n) is 2.41. The van der Waals surface area contributed by atoms with Crippen LogP contribution in [0.3, 0.4) is 0 Å². The van der Waals surface area contributed by atoms with Gasteiger partial charge in [0.25, 0.3) is 0 Å². The Morgan fingerprint density at radius 2 is 2.22 bits per heavy atom. The molecule has 0 amide bonds. The largest absolute Gasteiger partial charge is 0.374 e. The van der Waals surface area contributed by atoms with Crippen molar-refractivity contribution in [3.8, 4) is 0 Å². The van der Waals surface area contributed by atoms with Gasteiger partial charge in [0, 0.05) is 43.7 Å². The van der Waals surface area contributed by atoms with E-state index in [2.05, 4.69) is 69.4 Å². The van der Waals surface area contributed by atoms with Crippen LogP contribution in [-0.4, -0.2) is 51.2 Å². The molecule has 2 rings (SSSR count). The highest BCUT2D eigenvalue weighted by atomic mass is 79.9. The van der Waals surface area contributed by atoms with Crippen LogP contribution in [0.25, 0.3) is 0 Å². The quantitative estimate of drug-likeness (QED) is 0.919. The molecule has 1 saturated heterocycles. The van der Waals surface area contributed by atoms with Gasteiger partial charge in [-0.2, -0.15) is 0 Å². The monoisotopic (exact) mass is 311 g/mol. The molecule has 1 aromatic rings. The van der Waals surface area contributed by atoms with Gasteiger partial charge in [-0.25, -0.2) is 0 Å². The van der Waals surface area contributed by atoms with Gasteiger partial charge in [-0.15, -0.1) is 0 Å². The summed E-state index contributed by atoms with van der Waals surface area (Å²) in [6.45, 7) is 4.47. The van der Waals surface area contributed by atoms with Crippen LogP contribution in [0.5, 0.6) is 0 Å². The number of nitrogens with zero attached hydrogens (tertiary/aromatic N) is 2. The van der Waals surface area contributed by atoms with Gasteiger partial charge in [-0.3, -0.25) is 0 Å². The molecule has 4 heteroatoms. The van der Waals surface area contributed by atoms with Crippen molar-refractivity contribution in [2.24, 2.45) is 0 Å². The third-order valence-corrected chi connectivity index (χ3v) is 4.38. The summed E-state index contributed by atoms with van der Waals surface area (Å²) in [5.41, 5.74) is 1.27. The first kappa shape index (κ1) is 13.8. The molecule has 1 aliphatic heterocycles. The number of nitrogens with one attached hydrogen (secondary N) is 1. The summed E-state index contributed by atoms with van der Waals surface area (Å²) in [7, 11) is 4.39. The average Bonchev–Trinajstić information content (AvgIpc) is 2.38. The van der Waals surface area contributed by atoms with E-state index in [-0.39, 0.29) is 0 Å². The minimum atomic E-state index is 0.656. The van der Waals surface area contributed by atoms with E-state index in [0.29, 0.717) is 6.04 Å². The Labute approximate surface area is 118 Å².